The molecule has 0 bridgehead atoms. The van der Waals surface area contributed by atoms with Crippen LogP contribution in [0, 0.1) is 0 Å². The molecular weight excluding hydrogens is 422 g/mol. The lowest BCUT2D eigenvalue weighted by atomic mass is 10.1. The highest BCUT2D eigenvalue weighted by molar-refractivity contribution is 9.10. The maximum Gasteiger partial charge on any atom is 0.253 e. The van der Waals surface area contributed by atoms with E-state index in [1.807, 2.05) is 36.6 Å². The van der Waals surface area contributed by atoms with E-state index in [4.69, 9.17) is 11.6 Å². The molecule has 3 rings (SSSR count). The summed E-state index contributed by atoms with van der Waals surface area (Å²) in [5.41, 5.74) is 2.30. The van der Waals surface area contributed by atoms with Crippen LogP contribution in [0.2, 0.25) is 5.02 Å². The number of aromatic amines is 1. The van der Waals surface area contributed by atoms with Crippen LogP contribution in [0.4, 0.5) is 0 Å². The quantitative estimate of drug-likeness (QED) is 0.556. The van der Waals surface area contributed by atoms with Crippen LogP contribution >= 0.6 is 39.3 Å². The van der Waals surface area contributed by atoms with Gasteiger partial charge in [-0.2, -0.15) is 11.8 Å². The first kappa shape index (κ1) is 18.3. The minimum absolute atomic E-state index is 0.206. The van der Waals surface area contributed by atoms with Crippen molar-refractivity contribution in [3.05, 3.63) is 63.3 Å². The van der Waals surface area contributed by atoms with Crippen molar-refractivity contribution in [1.29, 1.82) is 0 Å². The van der Waals surface area contributed by atoms with Crippen molar-refractivity contribution in [2.45, 2.75) is 12.5 Å². The summed E-state index contributed by atoms with van der Waals surface area (Å²) in [6, 6.07) is 12.9. The zero-order valence-electron chi connectivity index (χ0n) is 13.6. The standard InChI is InChI=1S/C18H17BrClN3OS/c1-25-9-8-16(17-21-14-4-2-3-5-15(14)22-17)23-18(24)12-10-11(19)6-7-13(12)20/h2-7,10,16H,8-9H2,1H3,(H,21,22)(H,23,24). The summed E-state index contributed by atoms with van der Waals surface area (Å²) >= 11 is 11.3. The number of nitrogens with zero attached hydrogens (tertiary/aromatic N) is 1. The van der Waals surface area contributed by atoms with E-state index in [-0.39, 0.29) is 11.9 Å². The molecule has 3 aromatic rings. The minimum atomic E-state index is -0.210. The van der Waals surface area contributed by atoms with Crippen molar-refractivity contribution in [2.75, 3.05) is 12.0 Å². The number of carbonyl (C=O) groups is 1. The number of fused-ring (bicyclic) bond motifs is 1. The molecular formula is C18H17BrClN3OS. The van der Waals surface area contributed by atoms with Crippen molar-refractivity contribution in [3.63, 3.8) is 0 Å². The zero-order chi connectivity index (χ0) is 17.8. The Morgan fingerprint density at radius 3 is 2.92 bits per heavy atom. The fraction of sp³-hybridized carbons (Fsp3) is 0.222. The topological polar surface area (TPSA) is 57.8 Å². The highest BCUT2D eigenvalue weighted by Gasteiger charge is 2.20. The van der Waals surface area contributed by atoms with Crippen LogP contribution in [-0.2, 0) is 0 Å². The summed E-state index contributed by atoms with van der Waals surface area (Å²) in [6.07, 6.45) is 2.82. The number of hydrogen-bond acceptors (Lipinski definition) is 3. The van der Waals surface area contributed by atoms with Gasteiger partial charge in [0.15, 0.2) is 0 Å². The predicted octanol–water partition coefficient (Wildman–Crippen LogP) is 5.20. The second-order valence-corrected chi connectivity index (χ2v) is 7.88. The van der Waals surface area contributed by atoms with Gasteiger partial charge >= 0.3 is 0 Å². The Morgan fingerprint density at radius 1 is 1.36 bits per heavy atom. The van der Waals surface area contributed by atoms with Gasteiger partial charge in [-0.25, -0.2) is 4.98 Å². The molecule has 1 atom stereocenters. The number of hydrogen-bond donors (Lipinski definition) is 2. The van der Waals surface area contributed by atoms with Gasteiger partial charge in [-0.05, 0) is 48.8 Å². The third-order valence-electron chi connectivity index (χ3n) is 3.83. The molecule has 4 nitrogen and oxygen atoms in total. The average Bonchev–Trinajstić information content (AvgIpc) is 3.04. The molecule has 0 spiro atoms. The third-order valence-corrected chi connectivity index (χ3v) is 5.29. The number of aromatic nitrogens is 2. The lowest BCUT2D eigenvalue weighted by Crippen LogP contribution is -2.30. The van der Waals surface area contributed by atoms with Gasteiger partial charge in [-0.15, -0.1) is 0 Å². The monoisotopic (exact) mass is 437 g/mol. The Kier molecular flexibility index (Phi) is 6.04. The van der Waals surface area contributed by atoms with Crippen LogP contribution in [-0.4, -0.2) is 27.9 Å². The van der Waals surface area contributed by atoms with Crippen molar-refractivity contribution >= 4 is 56.2 Å². The summed E-state index contributed by atoms with van der Waals surface area (Å²) in [6.45, 7) is 0. The molecule has 1 unspecified atom stereocenters. The predicted molar refractivity (Wildman–Crippen MR) is 108 cm³/mol. The largest absolute Gasteiger partial charge is 0.342 e. The Hall–Kier alpha value is -1.50. The number of benzene rings is 2. The Morgan fingerprint density at radius 2 is 2.16 bits per heavy atom. The van der Waals surface area contributed by atoms with E-state index < -0.39 is 0 Å². The van der Waals surface area contributed by atoms with E-state index in [0.29, 0.717) is 10.6 Å². The van der Waals surface area contributed by atoms with Gasteiger partial charge in [0.1, 0.15) is 5.82 Å². The third kappa shape index (κ3) is 4.37. The highest BCUT2D eigenvalue weighted by Crippen LogP contribution is 2.24. The molecule has 25 heavy (non-hydrogen) atoms. The molecule has 2 N–H and O–H groups in total. The van der Waals surface area contributed by atoms with Gasteiger partial charge in [-0.1, -0.05) is 39.7 Å². The summed E-state index contributed by atoms with van der Waals surface area (Å²) in [5, 5.41) is 3.49. The van der Waals surface area contributed by atoms with E-state index in [1.165, 1.54) is 0 Å². The first-order valence-electron chi connectivity index (χ1n) is 7.78. The zero-order valence-corrected chi connectivity index (χ0v) is 16.7. The van der Waals surface area contributed by atoms with E-state index >= 15 is 0 Å². The van der Waals surface area contributed by atoms with Gasteiger partial charge in [0.25, 0.3) is 5.91 Å². The number of para-hydroxylation sites is 2. The molecule has 1 aromatic heterocycles. The van der Waals surface area contributed by atoms with E-state index in [9.17, 15) is 4.79 Å². The van der Waals surface area contributed by atoms with E-state index in [1.54, 1.807) is 23.9 Å². The molecule has 7 heteroatoms. The Bertz CT molecular complexity index is 866. The van der Waals surface area contributed by atoms with Gasteiger partial charge in [0.05, 0.1) is 27.7 Å². The second-order valence-electron chi connectivity index (χ2n) is 5.57. The molecule has 0 aliphatic carbocycles. The Labute approximate surface area is 163 Å². The number of carbonyl (C=O) groups excluding carboxylic acids is 1. The number of rotatable bonds is 6. The van der Waals surface area contributed by atoms with E-state index in [0.717, 1.165) is 33.5 Å². The minimum Gasteiger partial charge on any atom is -0.342 e. The molecule has 0 aliphatic rings. The molecule has 0 radical (unpaired) electrons. The number of halogens is 2. The number of amides is 1. The lowest BCUT2D eigenvalue weighted by molar-refractivity contribution is 0.0934. The first-order valence-corrected chi connectivity index (χ1v) is 10.3. The van der Waals surface area contributed by atoms with Crippen LogP contribution in [0.1, 0.15) is 28.6 Å². The van der Waals surface area contributed by atoms with Crippen molar-refractivity contribution < 1.29 is 4.79 Å². The molecule has 2 aromatic carbocycles. The summed E-state index contributed by atoms with van der Waals surface area (Å²) in [7, 11) is 0. The van der Waals surface area contributed by atoms with Crippen molar-refractivity contribution in [1.82, 2.24) is 15.3 Å². The lowest BCUT2D eigenvalue weighted by Gasteiger charge is -2.17. The van der Waals surface area contributed by atoms with Gasteiger partial charge in [0.2, 0.25) is 0 Å². The Balaban J connectivity index is 1.87. The fourth-order valence-electron chi connectivity index (χ4n) is 2.56. The van der Waals surface area contributed by atoms with Crippen LogP contribution < -0.4 is 5.32 Å². The molecule has 0 fully saturated rings. The summed E-state index contributed by atoms with van der Waals surface area (Å²) in [5.74, 6) is 1.46. The average molecular weight is 439 g/mol. The smallest absolute Gasteiger partial charge is 0.253 e. The second kappa shape index (κ2) is 8.25. The molecule has 0 saturated carbocycles. The van der Waals surface area contributed by atoms with Gasteiger partial charge in [0, 0.05) is 4.47 Å². The van der Waals surface area contributed by atoms with Crippen LogP contribution in [0.25, 0.3) is 11.0 Å². The van der Waals surface area contributed by atoms with Gasteiger partial charge in [-0.3, -0.25) is 4.79 Å². The normalized spacial score (nSPS) is 12.3. The maximum atomic E-state index is 12.7. The number of thioether (sulfide) groups is 1. The molecule has 130 valence electrons. The summed E-state index contributed by atoms with van der Waals surface area (Å²) in [4.78, 5) is 20.7. The first-order chi connectivity index (χ1) is 12.1. The molecule has 1 heterocycles. The van der Waals surface area contributed by atoms with Crippen LogP contribution in [0.3, 0.4) is 0 Å². The maximum absolute atomic E-state index is 12.7. The van der Waals surface area contributed by atoms with Crippen molar-refractivity contribution in [3.8, 4) is 0 Å². The molecule has 0 saturated heterocycles. The highest BCUT2D eigenvalue weighted by atomic mass is 79.9. The van der Waals surface area contributed by atoms with Gasteiger partial charge < -0.3 is 10.3 Å². The summed E-state index contributed by atoms with van der Waals surface area (Å²) < 4.78 is 0.812. The van der Waals surface area contributed by atoms with Crippen LogP contribution in [0.5, 0.6) is 0 Å². The van der Waals surface area contributed by atoms with Crippen molar-refractivity contribution in [2.24, 2.45) is 0 Å². The fourth-order valence-corrected chi connectivity index (χ4v) is 3.59. The van der Waals surface area contributed by atoms with E-state index in [2.05, 4.69) is 31.2 Å². The SMILES string of the molecule is CSCCC(NC(=O)c1cc(Br)ccc1Cl)c1nc2ccccc2[nH]1. The van der Waals surface area contributed by atoms with Crippen LogP contribution in [0.15, 0.2) is 46.9 Å². The number of nitrogens with one attached hydrogen (secondary N) is 2. The molecule has 1 amide bonds. The number of imidazole rings is 1. The molecule has 0 aliphatic heterocycles. The number of H-pyrrole nitrogens is 1.